The summed E-state index contributed by atoms with van der Waals surface area (Å²) in [6.45, 7) is 2.16. The summed E-state index contributed by atoms with van der Waals surface area (Å²) in [5.41, 5.74) is 1.75. The van der Waals surface area contributed by atoms with E-state index in [0.717, 1.165) is 11.1 Å². The topological polar surface area (TPSA) is 71.3 Å². The fourth-order valence-electron chi connectivity index (χ4n) is 3.37. The maximum atomic E-state index is 13.2. The fourth-order valence-corrected chi connectivity index (χ4v) is 4.22. The van der Waals surface area contributed by atoms with Crippen molar-refractivity contribution in [3.8, 4) is 5.75 Å². The van der Waals surface area contributed by atoms with E-state index in [2.05, 4.69) is 5.32 Å². The zero-order valence-electron chi connectivity index (χ0n) is 15.8. The highest BCUT2D eigenvalue weighted by atomic mass is 32.1. The van der Waals surface area contributed by atoms with Gasteiger partial charge in [-0.3, -0.25) is 9.59 Å². The summed E-state index contributed by atoms with van der Waals surface area (Å²) in [5.74, 6) is -0.844. The van der Waals surface area contributed by atoms with E-state index in [1.807, 2.05) is 67.6 Å². The van der Waals surface area contributed by atoms with Crippen molar-refractivity contribution in [3.05, 3.63) is 99.2 Å². The molecule has 2 aromatic carbocycles. The van der Waals surface area contributed by atoms with Gasteiger partial charge in [0.05, 0.1) is 22.8 Å². The lowest BCUT2D eigenvalue weighted by molar-refractivity contribution is 0.0935. The Labute approximate surface area is 171 Å². The molecule has 6 heteroatoms. The number of aromatic hydroxyl groups is 1. The van der Waals surface area contributed by atoms with Crippen LogP contribution in [-0.2, 0) is 6.54 Å². The Morgan fingerprint density at radius 1 is 1.07 bits per heavy atom. The van der Waals surface area contributed by atoms with Gasteiger partial charge in [-0.2, -0.15) is 0 Å². The molecule has 0 saturated heterocycles. The Balaban J connectivity index is 1.76. The molecule has 1 atom stereocenters. The summed E-state index contributed by atoms with van der Waals surface area (Å²) in [4.78, 5) is 26.2. The van der Waals surface area contributed by atoms with Crippen LogP contribution in [0.2, 0.25) is 0 Å². The van der Waals surface area contributed by atoms with Crippen LogP contribution < -0.4 is 10.9 Å². The first-order chi connectivity index (χ1) is 14.1. The van der Waals surface area contributed by atoms with E-state index in [9.17, 15) is 14.7 Å². The van der Waals surface area contributed by atoms with Gasteiger partial charge in [0.25, 0.3) is 11.5 Å². The summed E-state index contributed by atoms with van der Waals surface area (Å²) in [7, 11) is 0. The Morgan fingerprint density at radius 3 is 2.41 bits per heavy atom. The van der Waals surface area contributed by atoms with E-state index in [1.54, 1.807) is 16.0 Å². The zero-order chi connectivity index (χ0) is 20.4. The molecule has 0 aliphatic carbocycles. The van der Waals surface area contributed by atoms with Crippen molar-refractivity contribution >= 4 is 27.5 Å². The summed E-state index contributed by atoms with van der Waals surface area (Å²) in [6, 6.07) is 20.5. The molecule has 4 rings (SSSR count). The van der Waals surface area contributed by atoms with Gasteiger partial charge in [-0.15, -0.1) is 11.3 Å². The number of fused-ring (bicyclic) bond motifs is 1. The van der Waals surface area contributed by atoms with Crippen LogP contribution in [0.5, 0.6) is 5.75 Å². The molecule has 29 heavy (non-hydrogen) atoms. The summed E-state index contributed by atoms with van der Waals surface area (Å²) < 4.78 is 2.07. The molecule has 0 saturated carbocycles. The minimum atomic E-state index is -0.582. The van der Waals surface area contributed by atoms with Crippen molar-refractivity contribution < 1.29 is 9.90 Å². The number of carbonyl (C=O) groups excluding carboxylic acids is 1. The van der Waals surface area contributed by atoms with E-state index in [0.29, 0.717) is 16.8 Å². The van der Waals surface area contributed by atoms with Crippen molar-refractivity contribution in [2.24, 2.45) is 0 Å². The fraction of sp³-hybridized carbons (Fsp3) is 0.130. The quantitative estimate of drug-likeness (QED) is 0.521. The number of aromatic nitrogens is 1. The maximum Gasteiger partial charge on any atom is 0.268 e. The SMILES string of the molecule is C[C@@H](NC(=O)c1c(O)c2sccc2n(Cc2ccccc2)c1=O)c1ccccc1. The van der Waals surface area contributed by atoms with Crippen LogP contribution in [0.3, 0.4) is 0 Å². The number of thiophene rings is 1. The van der Waals surface area contributed by atoms with E-state index >= 15 is 0 Å². The highest BCUT2D eigenvalue weighted by molar-refractivity contribution is 7.17. The predicted octanol–water partition coefficient (Wildman–Crippen LogP) is 4.31. The lowest BCUT2D eigenvalue weighted by atomic mass is 10.1. The molecule has 5 nitrogen and oxygen atoms in total. The van der Waals surface area contributed by atoms with Gasteiger partial charge >= 0.3 is 0 Å². The predicted molar refractivity (Wildman–Crippen MR) is 116 cm³/mol. The van der Waals surface area contributed by atoms with Crippen LogP contribution in [0.25, 0.3) is 10.2 Å². The van der Waals surface area contributed by atoms with Crippen molar-refractivity contribution in [2.75, 3.05) is 0 Å². The second-order valence-electron chi connectivity index (χ2n) is 6.84. The second kappa shape index (κ2) is 7.93. The normalized spacial score (nSPS) is 12.0. The molecule has 1 amide bonds. The first-order valence-electron chi connectivity index (χ1n) is 9.29. The third-order valence-electron chi connectivity index (χ3n) is 4.90. The van der Waals surface area contributed by atoms with Gasteiger partial charge in [0.1, 0.15) is 5.56 Å². The van der Waals surface area contributed by atoms with Gasteiger partial charge in [-0.1, -0.05) is 60.7 Å². The molecule has 0 unspecified atom stereocenters. The first kappa shape index (κ1) is 19.0. The summed E-state index contributed by atoms with van der Waals surface area (Å²) in [6.07, 6.45) is 0. The second-order valence-corrected chi connectivity index (χ2v) is 7.76. The number of amides is 1. The first-order valence-corrected chi connectivity index (χ1v) is 10.2. The van der Waals surface area contributed by atoms with Gasteiger partial charge in [-0.05, 0) is 29.5 Å². The molecule has 4 aromatic rings. The third kappa shape index (κ3) is 3.67. The van der Waals surface area contributed by atoms with Crippen LogP contribution in [0.1, 0.15) is 34.5 Å². The molecular weight excluding hydrogens is 384 g/mol. The standard InChI is InChI=1S/C23H20N2O3S/c1-15(17-10-6-3-7-11-17)24-22(27)19-20(26)21-18(12-13-29-21)25(23(19)28)14-16-8-4-2-5-9-16/h2-13,15,26H,14H2,1H3,(H,24,27)/t15-/m1/s1. The molecule has 0 spiro atoms. The van der Waals surface area contributed by atoms with E-state index in [-0.39, 0.29) is 17.4 Å². The molecule has 0 radical (unpaired) electrons. The largest absolute Gasteiger partial charge is 0.505 e. The van der Waals surface area contributed by atoms with Crippen LogP contribution in [-0.4, -0.2) is 15.6 Å². The van der Waals surface area contributed by atoms with E-state index in [1.165, 1.54) is 11.3 Å². The number of pyridine rings is 1. The van der Waals surface area contributed by atoms with E-state index < -0.39 is 11.5 Å². The molecule has 0 aliphatic heterocycles. The lowest BCUT2D eigenvalue weighted by Gasteiger charge is -2.16. The minimum absolute atomic E-state index is 0.223. The smallest absolute Gasteiger partial charge is 0.268 e. The number of hydrogen-bond donors (Lipinski definition) is 2. The maximum absolute atomic E-state index is 13.2. The zero-order valence-corrected chi connectivity index (χ0v) is 16.6. The van der Waals surface area contributed by atoms with Crippen molar-refractivity contribution in [2.45, 2.75) is 19.5 Å². The van der Waals surface area contributed by atoms with Crippen molar-refractivity contribution in [3.63, 3.8) is 0 Å². The average molecular weight is 404 g/mol. The van der Waals surface area contributed by atoms with Crippen LogP contribution >= 0.6 is 11.3 Å². The van der Waals surface area contributed by atoms with Crippen LogP contribution in [0.4, 0.5) is 0 Å². The highest BCUT2D eigenvalue weighted by Crippen LogP contribution is 2.31. The van der Waals surface area contributed by atoms with Gasteiger partial charge in [0, 0.05) is 0 Å². The molecular formula is C23H20N2O3S. The molecule has 2 aromatic heterocycles. The molecule has 2 N–H and O–H groups in total. The average Bonchev–Trinajstić information content (AvgIpc) is 3.23. The van der Waals surface area contributed by atoms with E-state index in [4.69, 9.17) is 0 Å². The number of rotatable bonds is 5. The van der Waals surface area contributed by atoms with Crippen molar-refractivity contribution in [1.29, 1.82) is 0 Å². The number of carbonyl (C=O) groups is 1. The molecule has 0 aliphatic rings. The van der Waals surface area contributed by atoms with Crippen molar-refractivity contribution in [1.82, 2.24) is 9.88 Å². The summed E-state index contributed by atoms with van der Waals surface area (Å²) in [5, 5.41) is 15.3. The molecule has 146 valence electrons. The molecule has 0 bridgehead atoms. The van der Waals surface area contributed by atoms with Crippen LogP contribution in [0.15, 0.2) is 76.9 Å². The Kier molecular flexibility index (Phi) is 5.18. The third-order valence-corrected chi connectivity index (χ3v) is 5.81. The Bertz CT molecular complexity index is 1210. The monoisotopic (exact) mass is 404 g/mol. The Hall–Kier alpha value is -3.38. The summed E-state index contributed by atoms with van der Waals surface area (Å²) >= 11 is 1.30. The van der Waals surface area contributed by atoms with Gasteiger partial charge < -0.3 is 15.0 Å². The molecule has 0 fully saturated rings. The number of nitrogens with zero attached hydrogens (tertiary/aromatic N) is 1. The van der Waals surface area contributed by atoms with Gasteiger partial charge in [-0.25, -0.2) is 0 Å². The highest BCUT2D eigenvalue weighted by Gasteiger charge is 2.24. The Morgan fingerprint density at radius 2 is 1.72 bits per heavy atom. The minimum Gasteiger partial charge on any atom is -0.505 e. The molecule has 2 heterocycles. The van der Waals surface area contributed by atoms with Crippen LogP contribution in [0, 0.1) is 0 Å². The number of hydrogen-bond acceptors (Lipinski definition) is 4. The van der Waals surface area contributed by atoms with Gasteiger partial charge in [0.15, 0.2) is 5.75 Å². The van der Waals surface area contributed by atoms with Gasteiger partial charge in [0.2, 0.25) is 0 Å². The number of nitrogens with one attached hydrogen (secondary N) is 1. The number of benzene rings is 2. The lowest BCUT2D eigenvalue weighted by Crippen LogP contribution is -2.34.